The van der Waals surface area contributed by atoms with Gasteiger partial charge in [-0.05, 0) is 24.6 Å². The smallest absolute Gasteiger partial charge is 0.322 e. The molecule has 2 heterocycles. The monoisotopic (exact) mass is 387 g/mol. The Labute approximate surface area is 166 Å². The number of carbonyl (C=O) groups excluding carboxylic acids is 1. The Balaban J connectivity index is 1.42. The number of benzene rings is 1. The quantitative estimate of drug-likeness (QED) is 0.752. The van der Waals surface area contributed by atoms with Crippen LogP contribution in [0, 0.1) is 0 Å². The highest BCUT2D eigenvalue weighted by Crippen LogP contribution is 2.15. The lowest BCUT2D eigenvalue weighted by molar-refractivity contribution is 0.143. The van der Waals surface area contributed by atoms with Gasteiger partial charge in [-0.3, -0.25) is 9.58 Å². The summed E-state index contributed by atoms with van der Waals surface area (Å²) in [4.78, 5) is 16.7. The van der Waals surface area contributed by atoms with E-state index in [4.69, 9.17) is 9.47 Å². The number of carbonyl (C=O) groups is 1. The standard InChI is InChI=1S/C20H29N5O3/c1-3-28-19-6-4-17(5-7-19)15-23-8-10-24(11-9-23)20(26)22-18-14-21-25(16-18)12-13-27-2/h4-7,14,16H,3,8-13,15H2,1-2H3,(H,22,26). The number of anilines is 1. The lowest BCUT2D eigenvalue weighted by Gasteiger charge is -2.34. The third-order valence-electron chi connectivity index (χ3n) is 4.71. The summed E-state index contributed by atoms with van der Waals surface area (Å²) in [5.74, 6) is 0.901. The summed E-state index contributed by atoms with van der Waals surface area (Å²) in [6, 6.07) is 8.15. The topological polar surface area (TPSA) is 71.9 Å². The molecule has 8 nitrogen and oxygen atoms in total. The van der Waals surface area contributed by atoms with Crippen molar-refractivity contribution in [2.75, 3.05) is 51.8 Å². The molecule has 0 atom stereocenters. The van der Waals surface area contributed by atoms with Crippen LogP contribution < -0.4 is 10.1 Å². The van der Waals surface area contributed by atoms with Crippen molar-refractivity contribution in [3.8, 4) is 5.75 Å². The van der Waals surface area contributed by atoms with Gasteiger partial charge in [-0.1, -0.05) is 12.1 Å². The number of nitrogens with one attached hydrogen (secondary N) is 1. The molecule has 1 aromatic heterocycles. The van der Waals surface area contributed by atoms with Crippen LogP contribution in [0.3, 0.4) is 0 Å². The molecular formula is C20H29N5O3. The zero-order valence-electron chi connectivity index (χ0n) is 16.6. The highest BCUT2D eigenvalue weighted by Gasteiger charge is 2.21. The number of rotatable bonds is 8. The molecule has 152 valence electrons. The first-order valence-electron chi connectivity index (χ1n) is 9.69. The van der Waals surface area contributed by atoms with Crippen molar-refractivity contribution in [2.24, 2.45) is 0 Å². The van der Waals surface area contributed by atoms with E-state index >= 15 is 0 Å². The van der Waals surface area contributed by atoms with Gasteiger partial charge in [-0.15, -0.1) is 0 Å². The van der Waals surface area contributed by atoms with Crippen molar-refractivity contribution < 1.29 is 14.3 Å². The van der Waals surface area contributed by atoms with Crippen molar-refractivity contribution in [2.45, 2.75) is 20.0 Å². The van der Waals surface area contributed by atoms with Crippen LogP contribution >= 0.6 is 0 Å². The summed E-state index contributed by atoms with van der Waals surface area (Å²) in [5, 5.41) is 7.14. The molecule has 0 bridgehead atoms. The van der Waals surface area contributed by atoms with Gasteiger partial charge in [0, 0.05) is 46.0 Å². The number of methoxy groups -OCH3 is 1. The lowest BCUT2D eigenvalue weighted by atomic mass is 10.2. The molecule has 1 N–H and O–H groups in total. The predicted octanol–water partition coefficient (Wildman–Crippen LogP) is 2.28. The van der Waals surface area contributed by atoms with E-state index < -0.39 is 0 Å². The molecule has 1 aliphatic heterocycles. The maximum Gasteiger partial charge on any atom is 0.322 e. The van der Waals surface area contributed by atoms with Gasteiger partial charge < -0.3 is 19.7 Å². The molecule has 3 rings (SSSR count). The zero-order valence-corrected chi connectivity index (χ0v) is 16.6. The minimum absolute atomic E-state index is 0.0768. The van der Waals surface area contributed by atoms with E-state index in [0.29, 0.717) is 38.5 Å². The van der Waals surface area contributed by atoms with Gasteiger partial charge in [0.2, 0.25) is 0 Å². The maximum atomic E-state index is 12.5. The average molecular weight is 387 g/mol. The molecule has 0 aliphatic carbocycles. The zero-order chi connectivity index (χ0) is 19.8. The molecule has 1 aromatic carbocycles. The fraction of sp³-hybridized carbons (Fsp3) is 0.500. The van der Waals surface area contributed by atoms with Crippen LogP contribution in [0.25, 0.3) is 0 Å². The molecule has 1 fully saturated rings. The first-order chi connectivity index (χ1) is 13.7. The number of aromatic nitrogens is 2. The van der Waals surface area contributed by atoms with Crippen molar-refractivity contribution in [3.05, 3.63) is 42.2 Å². The number of hydrogen-bond donors (Lipinski definition) is 1. The molecule has 0 saturated carbocycles. The summed E-state index contributed by atoms with van der Waals surface area (Å²) in [6.45, 7) is 7.92. The normalized spacial score (nSPS) is 14.9. The molecule has 0 spiro atoms. The van der Waals surface area contributed by atoms with Gasteiger partial charge >= 0.3 is 6.03 Å². The fourth-order valence-corrected chi connectivity index (χ4v) is 3.16. The number of ether oxygens (including phenoxy) is 2. The highest BCUT2D eigenvalue weighted by molar-refractivity contribution is 5.89. The molecule has 2 aromatic rings. The summed E-state index contributed by atoms with van der Waals surface area (Å²) in [6.07, 6.45) is 3.48. The van der Waals surface area contributed by atoms with Gasteiger partial charge in [0.15, 0.2) is 0 Å². The molecular weight excluding hydrogens is 358 g/mol. The molecule has 0 radical (unpaired) electrons. The van der Waals surface area contributed by atoms with Gasteiger partial charge in [-0.2, -0.15) is 5.10 Å². The Hall–Kier alpha value is -2.58. The number of urea groups is 1. The van der Waals surface area contributed by atoms with Crippen molar-refractivity contribution in [1.29, 1.82) is 0 Å². The van der Waals surface area contributed by atoms with E-state index in [9.17, 15) is 4.79 Å². The number of nitrogens with zero attached hydrogens (tertiary/aromatic N) is 4. The van der Waals surface area contributed by atoms with Crippen LogP contribution in [0.4, 0.5) is 10.5 Å². The Morgan fingerprint density at radius 2 is 1.93 bits per heavy atom. The van der Waals surface area contributed by atoms with Gasteiger partial charge in [-0.25, -0.2) is 4.79 Å². The average Bonchev–Trinajstić information content (AvgIpc) is 3.16. The number of hydrogen-bond acceptors (Lipinski definition) is 5. The third kappa shape index (κ3) is 5.71. The molecule has 0 unspecified atom stereocenters. The van der Waals surface area contributed by atoms with Crippen LogP contribution in [0.2, 0.25) is 0 Å². The van der Waals surface area contributed by atoms with Gasteiger partial charge in [0.1, 0.15) is 5.75 Å². The van der Waals surface area contributed by atoms with E-state index in [1.807, 2.05) is 30.2 Å². The van der Waals surface area contributed by atoms with Gasteiger partial charge in [0.25, 0.3) is 0 Å². The van der Waals surface area contributed by atoms with Crippen molar-refractivity contribution >= 4 is 11.7 Å². The van der Waals surface area contributed by atoms with Crippen LogP contribution in [0.1, 0.15) is 12.5 Å². The second-order valence-corrected chi connectivity index (χ2v) is 6.76. The van der Waals surface area contributed by atoms with Crippen molar-refractivity contribution in [3.63, 3.8) is 0 Å². The van der Waals surface area contributed by atoms with Crippen LogP contribution in [0.15, 0.2) is 36.7 Å². The molecule has 28 heavy (non-hydrogen) atoms. The van der Waals surface area contributed by atoms with Crippen LogP contribution in [0.5, 0.6) is 5.75 Å². The number of piperazine rings is 1. The van der Waals surface area contributed by atoms with E-state index in [1.165, 1.54) is 5.56 Å². The fourth-order valence-electron chi connectivity index (χ4n) is 3.16. The van der Waals surface area contributed by atoms with Gasteiger partial charge in [0.05, 0.1) is 31.6 Å². The highest BCUT2D eigenvalue weighted by atomic mass is 16.5. The summed E-state index contributed by atoms with van der Waals surface area (Å²) in [7, 11) is 1.65. The second-order valence-electron chi connectivity index (χ2n) is 6.76. The van der Waals surface area contributed by atoms with Crippen LogP contribution in [-0.4, -0.2) is 72.1 Å². The van der Waals surface area contributed by atoms with E-state index in [-0.39, 0.29) is 6.03 Å². The Bertz CT molecular complexity index is 739. The van der Waals surface area contributed by atoms with E-state index in [1.54, 1.807) is 18.0 Å². The maximum absolute atomic E-state index is 12.5. The largest absolute Gasteiger partial charge is 0.494 e. The number of amides is 2. The second kappa shape index (κ2) is 10.1. The molecule has 2 amide bonds. The lowest BCUT2D eigenvalue weighted by Crippen LogP contribution is -2.49. The van der Waals surface area contributed by atoms with Crippen molar-refractivity contribution in [1.82, 2.24) is 19.6 Å². The first-order valence-corrected chi connectivity index (χ1v) is 9.69. The van der Waals surface area contributed by atoms with E-state index in [0.717, 1.165) is 25.4 Å². The summed E-state index contributed by atoms with van der Waals surface area (Å²) in [5.41, 5.74) is 1.96. The SMILES string of the molecule is CCOc1ccc(CN2CCN(C(=O)Nc3cnn(CCOC)c3)CC2)cc1. The minimum atomic E-state index is -0.0768. The molecule has 1 aliphatic rings. The first kappa shape index (κ1) is 20.2. The summed E-state index contributed by atoms with van der Waals surface area (Å²) >= 11 is 0. The Morgan fingerprint density at radius 1 is 1.18 bits per heavy atom. The third-order valence-corrected chi connectivity index (χ3v) is 4.71. The summed E-state index contributed by atoms with van der Waals surface area (Å²) < 4.78 is 12.3. The van der Waals surface area contributed by atoms with E-state index in [2.05, 4.69) is 27.4 Å². The van der Waals surface area contributed by atoms with Crippen LogP contribution in [-0.2, 0) is 17.8 Å². The molecule has 1 saturated heterocycles. The minimum Gasteiger partial charge on any atom is -0.494 e. The Kier molecular flexibility index (Phi) is 7.27. The Morgan fingerprint density at radius 3 is 2.61 bits per heavy atom. The molecule has 8 heteroatoms. The predicted molar refractivity (Wildman–Crippen MR) is 108 cm³/mol.